The first-order valence-corrected chi connectivity index (χ1v) is 11.4. The first-order valence-electron chi connectivity index (χ1n) is 9.62. The van der Waals surface area contributed by atoms with E-state index in [0.717, 1.165) is 5.56 Å². The number of hydrogen-bond acceptors (Lipinski definition) is 6. The quantitative estimate of drug-likeness (QED) is 0.597. The zero-order valence-electron chi connectivity index (χ0n) is 16.7. The third kappa shape index (κ3) is 3.98. The summed E-state index contributed by atoms with van der Waals surface area (Å²) < 4.78 is 35.5. The summed E-state index contributed by atoms with van der Waals surface area (Å²) in [6.45, 7) is 4.89. The SMILES string of the molecule is CCn1cc(S(=O)(=O)N2CCOC(c3nccnc3-c3cccc(Cl)c3)C2)c(C)n1. The van der Waals surface area contributed by atoms with Gasteiger partial charge in [-0.2, -0.15) is 9.40 Å². The maximum Gasteiger partial charge on any atom is 0.246 e. The largest absolute Gasteiger partial charge is 0.369 e. The van der Waals surface area contributed by atoms with Crippen LogP contribution in [0.25, 0.3) is 11.3 Å². The Morgan fingerprint density at radius 1 is 1.27 bits per heavy atom. The highest BCUT2D eigenvalue weighted by atomic mass is 35.5. The van der Waals surface area contributed by atoms with E-state index in [4.69, 9.17) is 16.3 Å². The van der Waals surface area contributed by atoms with Gasteiger partial charge in [-0.05, 0) is 26.0 Å². The van der Waals surface area contributed by atoms with Crippen LogP contribution in [0.15, 0.2) is 47.8 Å². The molecule has 1 atom stereocenters. The second kappa shape index (κ2) is 8.43. The molecule has 0 radical (unpaired) electrons. The molecule has 0 spiro atoms. The fourth-order valence-corrected chi connectivity index (χ4v) is 5.29. The minimum Gasteiger partial charge on any atom is -0.369 e. The summed E-state index contributed by atoms with van der Waals surface area (Å²) in [7, 11) is -3.71. The molecule has 0 saturated carbocycles. The van der Waals surface area contributed by atoms with Gasteiger partial charge < -0.3 is 4.74 Å². The van der Waals surface area contributed by atoms with E-state index in [2.05, 4.69) is 15.1 Å². The summed E-state index contributed by atoms with van der Waals surface area (Å²) in [5.41, 5.74) is 2.49. The number of ether oxygens (including phenoxy) is 1. The van der Waals surface area contributed by atoms with Crippen molar-refractivity contribution < 1.29 is 13.2 Å². The van der Waals surface area contributed by atoms with Gasteiger partial charge in [0, 0.05) is 48.8 Å². The first kappa shape index (κ1) is 20.9. The number of aromatic nitrogens is 4. The molecule has 10 heteroatoms. The lowest BCUT2D eigenvalue weighted by molar-refractivity contribution is -0.00478. The fourth-order valence-electron chi connectivity index (χ4n) is 3.51. The van der Waals surface area contributed by atoms with Crippen molar-refractivity contribution in [2.45, 2.75) is 31.4 Å². The average molecular weight is 448 g/mol. The van der Waals surface area contributed by atoms with Crippen LogP contribution in [-0.2, 0) is 21.3 Å². The Morgan fingerprint density at radius 2 is 2.07 bits per heavy atom. The summed E-state index contributed by atoms with van der Waals surface area (Å²) in [5, 5.41) is 4.86. The Morgan fingerprint density at radius 3 is 2.80 bits per heavy atom. The number of sulfonamides is 1. The van der Waals surface area contributed by atoms with Crippen LogP contribution in [0.1, 0.15) is 24.4 Å². The smallest absolute Gasteiger partial charge is 0.246 e. The van der Waals surface area contributed by atoms with Gasteiger partial charge in [0.2, 0.25) is 10.0 Å². The molecule has 158 valence electrons. The molecule has 30 heavy (non-hydrogen) atoms. The monoisotopic (exact) mass is 447 g/mol. The summed E-state index contributed by atoms with van der Waals surface area (Å²) in [6.07, 6.45) is 4.21. The van der Waals surface area contributed by atoms with E-state index in [1.165, 1.54) is 4.31 Å². The standard InChI is InChI=1S/C20H22ClN5O3S/c1-3-25-13-18(14(2)24-25)30(27,28)26-9-10-29-17(12-26)20-19(22-7-8-23-20)15-5-4-6-16(21)11-15/h4-8,11,13,17H,3,9-10,12H2,1-2H3. The van der Waals surface area contributed by atoms with E-state index in [-0.39, 0.29) is 24.6 Å². The van der Waals surface area contributed by atoms with Crippen LogP contribution in [-0.4, -0.2) is 52.2 Å². The van der Waals surface area contributed by atoms with E-state index in [1.807, 2.05) is 19.1 Å². The molecule has 0 amide bonds. The number of nitrogens with zero attached hydrogens (tertiary/aromatic N) is 5. The van der Waals surface area contributed by atoms with E-state index in [1.54, 1.807) is 42.3 Å². The van der Waals surface area contributed by atoms with Crippen molar-refractivity contribution in [2.24, 2.45) is 0 Å². The Hall–Kier alpha value is -2.33. The topological polar surface area (TPSA) is 90.2 Å². The molecule has 1 aromatic carbocycles. The molecule has 0 N–H and O–H groups in total. The molecule has 1 fully saturated rings. The predicted molar refractivity (Wildman–Crippen MR) is 113 cm³/mol. The molecule has 1 unspecified atom stereocenters. The summed E-state index contributed by atoms with van der Waals surface area (Å²) in [6, 6.07) is 7.31. The van der Waals surface area contributed by atoms with Gasteiger partial charge in [0.15, 0.2) is 0 Å². The van der Waals surface area contributed by atoms with Crippen molar-refractivity contribution in [3.8, 4) is 11.3 Å². The molecule has 3 heterocycles. The van der Waals surface area contributed by atoms with Crippen molar-refractivity contribution in [2.75, 3.05) is 19.7 Å². The van der Waals surface area contributed by atoms with Gasteiger partial charge in [-0.25, -0.2) is 8.42 Å². The molecule has 0 bridgehead atoms. The number of morpholine rings is 1. The van der Waals surface area contributed by atoms with Gasteiger partial charge in [0.1, 0.15) is 11.0 Å². The maximum absolute atomic E-state index is 13.3. The van der Waals surface area contributed by atoms with Gasteiger partial charge in [-0.15, -0.1) is 0 Å². The molecule has 0 aliphatic carbocycles. The van der Waals surface area contributed by atoms with E-state index in [9.17, 15) is 8.42 Å². The number of hydrogen-bond donors (Lipinski definition) is 0. The number of halogens is 1. The second-order valence-corrected chi connectivity index (χ2v) is 9.30. The van der Waals surface area contributed by atoms with Crippen molar-refractivity contribution in [1.82, 2.24) is 24.1 Å². The van der Waals surface area contributed by atoms with Gasteiger partial charge in [-0.1, -0.05) is 23.7 Å². The molecule has 1 saturated heterocycles. The molecule has 8 nitrogen and oxygen atoms in total. The summed E-state index contributed by atoms with van der Waals surface area (Å²) in [5.74, 6) is 0. The highest BCUT2D eigenvalue weighted by Gasteiger charge is 2.35. The Bertz CT molecular complexity index is 1160. The summed E-state index contributed by atoms with van der Waals surface area (Å²) >= 11 is 6.14. The Balaban J connectivity index is 1.66. The zero-order chi connectivity index (χ0) is 21.3. The van der Waals surface area contributed by atoms with Crippen molar-refractivity contribution in [3.63, 3.8) is 0 Å². The minimum atomic E-state index is -3.71. The van der Waals surface area contributed by atoms with Crippen LogP contribution in [0.4, 0.5) is 0 Å². The van der Waals surface area contributed by atoms with E-state index < -0.39 is 16.1 Å². The van der Waals surface area contributed by atoms with Gasteiger partial charge >= 0.3 is 0 Å². The highest BCUT2D eigenvalue weighted by Crippen LogP contribution is 2.32. The van der Waals surface area contributed by atoms with Crippen molar-refractivity contribution in [3.05, 3.63) is 59.3 Å². The van der Waals surface area contributed by atoms with Crippen LogP contribution in [0.3, 0.4) is 0 Å². The van der Waals surface area contributed by atoms with Crippen LogP contribution < -0.4 is 0 Å². The molecule has 1 aliphatic rings. The molecular formula is C20H22ClN5O3S. The normalized spacial score (nSPS) is 17.9. The lowest BCUT2D eigenvalue weighted by atomic mass is 10.1. The molecule has 1 aliphatic heterocycles. The number of aryl methyl sites for hydroxylation is 2. The van der Waals surface area contributed by atoms with Crippen molar-refractivity contribution in [1.29, 1.82) is 0 Å². The predicted octanol–water partition coefficient (Wildman–Crippen LogP) is 3.08. The Labute approximate surface area is 180 Å². The lowest BCUT2D eigenvalue weighted by Gasteiger charge is -2.32. The highest BCUT2D eigenvalue weighted by molar-refractivity contribution is 7.89. The van der Waals surface area contributed by atoms with Gasteiger partial charge in [-0.3, -0.25) is 14.6 Å². The molecular weight excluding hydrogens is 426 g/mol. The van der Waals surface area contributed by atoms with Crippen LogP contribution in [0.2, 0.25) is 5.02 Å². The number of benzene rings is 1. The maximum atomic E-state index is 13.3. The van der Waals surface area contributed by atoms with Crippen molar-refractivity contribution >= 4 is 21.6 Å². The fraction of sp³-hybridized carbons (Fsp3) is 0.350. The average Bonchev–Trinajstić information content (AvgIpc) is 3.15. The van der Waals surface area contributed by atoms with E-state index >= 15 is 0 Å². The number of rotatable bonds is 5. The molecule has 3 aromatic rings. The third-order valence-electron chi connectivity index (χ3n) is 5.00. The molecule has 2 aromatic heterocycles. The lowest BCUT2D eigenvalue weighted by Crippen LogP contribution is -2.42. The van der Waals surface area contributed by atoms with Crippen LogP contribution in [0, 0.1) is 6.92 Å². The van der Waals surface area contributed by atoms with Gasteiger partial charge in [0.05, 0.1) is 23.7 Å². The third-order valence-corrected chi connectivity index (χ3v) is 7.21. The first-order chi connectivity index (χ1) is 14.4. The van der Waals surface area contributed by atoms with Crippen LogP contribution >= 0.6 is 11.6 Å². The van der Waals surface area contributed by atoms with E-state index in [0.29, 0.717) is 28.6 Å². The second-order valence-electron chi connectivity index (χ2n) is 6.96. The molecule has 4 rings (SSSR count). The minimum absolute atomic E-state index is 0.144. The van der Waals surface area contributed by atoms with Gasteiger partial charge in [0.25, 0.3) is 0 Å². The van der Waals surface area contributed by atoms with Crippen LogP contribution in [0.5, 0.6) is 0 Å². The zero-order valence-corrected chi connectivity index (χ0v) is 18.3. The summed E-state index contributed by atoms with van der Waals surface area (Å²) in [4.78, 5) is 9.14. The Kier molecular flexibility index (Phi) is 5.88.